The van der Waals surface area contributed by atoms with Crippen LogP contribution < -0.4 is 0 Å². The van der Waals surface area contributed by atoms with E-state index in [1.165, 1.54) is 6.92 Å². The molecule has 6 atom stereocenters. The number of ether oxygens (including phenoxy) is 1. The molecular weight excluding hydrogens is 268 g/mol. The van der Waals surface area contributed by atoms with E-state index < -0.39 is 11.7 Å². The Hall–Kier alpha value is -0.870. The van der Waals surface area contributed by atoms with Crippen LogP contribution in [0, 0.1) is 22.7 Å². The molecule has 0 heterocycles. The highest BCUT2D eigenvalue weighted by Gasteiger charge is 2.74. The summed E-state index contributed by atoms with van der Waals surface area (Å²) in [6, 6.07) is 0. The Morgan fingerprint density at radius 1 is 1.33 bits per heavy atom. The lowest BCUT2D eigenvalue weighted by molar-refractivity contribution is -0.152. The van der Waals surface area contributed by atoms with E-state index in [0.717, 1.165) is 12.8 Å². The van der Waals surface area contributed by atoms with E-state index >= 15 is 0 Å². The summed E-state index contributed by atoms with van der Waals surface area (Å²) in [6.07, 6.45) is 1.28. The minimum absolute atomic E-state index is 0.00707. The Balaban J connectivity index is 2.06. The van der Waals surface area contributed by atoms with Gasteiger partial charge in [-0.05, 0) is 36.2 Å². The normalized spacial score (nSPS) is 50.9. The third kappa shape index (κ3) is 1.72. The smallest absolute Gasteiger partial charge is 0.302 e. The first-order valence-corrected chi connectivity index (χ1v) is 7.80. The fourth-order valence-corrected chi connectivity index (χ4v) is 5.94. The molecule has 3 rings (SSSR count). The molecule has 0 radical (unpaired) electrons. The molecule has 3 aliphatic rings. The third-order valence-corrected chi connectivity index (χ3v) is 6.37. The van der Waals surface area contributed by atoms with E-state index in [-0.39, 0.29) is 34.7 Å². The van der Waals surface area contributed by atoms with Crippen LogP contribution in [0.4, 0.5) is 0 Å². The number of hydrogen-bond donors (Lipinski definition) is 2. The van der Waals surface area contributed by atoms with Crippen LogP contribution in [0.3, 0.4) is 0 Å². The number of aliphatic hydroxyl groups is 2. The van der Waals surface area contributed by atoms with Gasteiger partial charge < -0.3 is 14.9 Å². The van der Waals surface area contributed by atoms with Crippen LogP contribution in [0.2, 0.25) is 0 Å². The second kappa shape index (κ2) is 4.11. The van der Waals surface area contributed by atoms with Crippen molar-refractivity contribution >= 4 is 5.97 Å². The monoisotopic (exact) mass is 294 g/mol. The highest BCUT2D eigenvalue weighted by atomic mass is 16.5. The fraction of sp³-hybridized carbons (Fsp3) is 0.824. The van der Waals surface area contributed by atoms with E-state index in [4.69, 9.17) is 4.74 Å². The van der Waals surface area contributed by atoms with Gasteiger partial charge in [0.05, 0.1) is 11.7 Å². The summed E-state index contributed by atoms with van der Waals surface area (Å²) in [4.78, 5) is 11.4. The lowest BCUT2D eigenvalue weighted by Gasteiger charge is -2.42. The second-order valence-corrected chi connectivity index (χ2v) is 8.23. The van der Waals surface area contributed by atoms with Gasteiger partial charge in [-0.3, -0.25) is 4.79 Å². The molecule has 0 unspecified atom stereocenters. The Morgan fingerprint density at radius 3 is 2.52 bits per heavy atom. The molecule has 4 heteroatoms. The molecule has 0 saturated heterocycles. The van der Waals surface area contributed by atoms with Crippen LogP contribution in [-0.2, 0) is 9.53 Å². The standard InChI is InChI=1S/C17H26O4/c1-9-12(19)6-11-7-16(5)13(21-10(2)18)8-15(3,4)14(16)17(9,11)20/h11-14,19-20H,1,6-8H2,2-5H3/t11-,12+,13+,14+,16-,17-/m1/s1. The summed E-state index contributed by atoms with van der Waals surface area (Å²) in [7, 11) is 0. The summed E-state index contributed by atoms with van der Waals surface area (Å²) >= 11 is 0. The van der Waals surface area contributed by atoms with Crippen LogP contribution in [0.5, 0.6) is 0 Å². The molecule has 4 nitrogen and oxygen atoms in total. The van der Waals surface area contributed by atoms with E-state index in [1.54, 1.807) is 0 Å². The Kier molecular flexibility index (Phi) is 2.94. The molecule has 0 aromatic carbocycles. The highest BCUT2D eigenvalue weighted by Crippen LogP contribution is 2.71. The number of hydrogen-bond acceptors (Lipinski definition) is 4. The van der Waals surface area contributed by atoms with Crippen molar-refractivity contribution in [3.05, 3.63) is 12.2 Å². The topological polar surface area (TPSA) is 66.8 Å². The van der Waals surface area contributed by atoms with Crippen molar-refractivity contribution in [2.24, 2.45) is 22.7 Å². The molecule has 118 valence electrons. The van der Waals surface area contributed by atoms with Crippen LogP contribution in [-0.4, -0.2) is 34.0 Å². The fourth-order valence-electron chi connectivity index (χ4n) is 5.94. The van der Waals surface area contributed by atoms with Gasteiger partial charge in [-0.1, -0.05) is 27.4 Å². The van der Waals surface area contributed by atoms with Crippen molar-refractivity contribution in [2.45, 2.75) is 64.8 Å². The first-order valence-electron chi connectivity index (χ1n) is 7.80. The van der Waals surface area contributed by atoms with E-state index in [2.05, 4.69) is 27.4 Å². The molecule has 3 fully saturated rings. The number of esters is 1. The molecule has 21 heavy (non-hydrogen) atoms. The molecule has 2 N–H and O–H groups in total. The maximum absolute atomic E-state index is 11.4. The average molecular weight is 294 g/mol. The summed E-state index contributed by atoms with van der Waals surface area (Å²) in [5.41, 5.74) is -0.895. The molecule has 0 aromatic rings. The van der Waals surface area contributed by atoms with Crippen LogP contribution in [0.15, 0.2) is 12.2 Å². The third-order valence-electron chi connectivity index (χ3n) is 6.37. The van der Waals surface area contributed by atoms with Gasteiger partial charge in [0.2, 0.25) is 0 Å². The predicted molar refractivity (Wildman–Crippen MR) is 78.4 cm³/mol. The Morgan fingerprint density at radius 2 is 1.95 bits per heavy atom. The zero-order chi connectivity index (χ0) is 15.8. The van der Waals surface area contributed by atoms with Crippen LogP contribution in [0.1, 0.15) is 47.0 Å². The minimum Gasteiger partial charge on any atom is -0.462 e. The van der Waals surface area contributed by atoms with Gasteiger partial charge in [-0.25, -0.2) is 0 Å². The zero-order valence-corrected chi connectivity index (χ0v) is 13.3. The number of fused-ring (bicyclic) bond motifs is 3. The lowest BCUT2D eigenvalue weighted by atomic mass is 9.66. The largest absolute Gasteiger partial charge is 0.462 e. The van der Waals surface area contributed by atoms with E-state index in [1.807, 2.05) is 0 Å². The number of carbonyl (C=O) groups is 1. The average Bonchev–Trinajstić information content (AvgIpc) is 2.75. The Bertz CT molecular complexity index is 511. The maximum Gasteiger partial charge on any atom is 0.302 e. The van der Waals surface area contributed by atoms with Crippen LogP contribution in [0.25, 0.3) is 0 Å². The van der Waals surface area contributed by atoms with Gasteiger partial charge in [0.25, 0.3) is 0 Å². The van der Waals surface area contributed by atoms with Gasteiger partial charge in [0.1, 0.15) is 6.10 Å². The van der Waals surface area contributed by atoms with Gasteiger partial charge in [-0.2, -0.15) is 0 Å². The first kappa shape index (κ1) is 15.0. The summed E-state index contributed by atoms with van der Waals surface area (Å²) < 4.78 is 5.59. The molecule has 3 saturated carbocycles. The quantitative estimate of drug-likeness (QED) is 0.574. The van der Waals surface area contributed by atoms with Crippen molar-refractivity contribution in [1.82, 2.24) is 0 Å². The highest BCUT2D eigenvalue weighted by molar-refractivity contribution is 5.66. The molecule has 0 aliphatic heterocycles. The molecule has 0 amide bonds. The van der Waals surface area contributed by atoms with Gasteiger partial charge in [0.15, 0.2) is 0 Å². The lowest BCUT2D eigenvalue weighted by Crippen LogP contribution is -2.46. The number of rotatable bonds is 1. The SMILES string of the molecule is C=C1[C@@H](O)C[C@@H]2C[C@]3(C)[C@@H](OC(C)=O)CC(C)(C)[C@@H]3[C@@]12O. The summed E-state index contributed by atoms with van der Waals surface area (Å²) in [6.45, 7) is 11.8. The molecule has 0 aromatic heterocycles. The molecule has 0 bridgehead atoms. The second-order valence-electron chi connectivity index (χ2n) is 8.23. The van der Waals surface area contributed by atoms with E-state index in [9.17, 15) is 15.0 Å². The van der Waals surface area contributed by atoms with Crippen molar-refractivity contribution in [3.8, 4) is 0 Å². The summed E-state index contributed by atoms with van der Waals surface area (Å²) in [5, 5.41) is 21.5. The predicted octanol–water partition coefficient (Wildman–Crippen LogP) is 2.04. The first-order chi connectivity index (χ1) is 9.53. The molecular formula is C17H26O4. The van der Waals surface area contributed by atoms with Crippen molar-refractivity contribution in [2.75, 3.05) is 0 Å². The molecule has 3 aliphatic carbocycles. The van der Waals surface area contributed by atoms with Gasteiger partial charge in [0, 0.05) is 18.3 Å². The summed E-state index contributed by atoms with van der Waals surface area (Å²) in [5.74, 6) is -0.301. The van der Waals surface area contributed by atoms with Crippen molar-refractivity contribution in [3.63, 3.8) is 0 Å². The van der Waals surface area contributed by atoms with Crippen LogP contribution >= 0.6 is 0 Å². The molecule has 0 spiro atoms. The zero-order valence-electron chi connectivity index (χ0n) is 13.3. The minimum atomic E-state index is -1.04. The number of carbonyl (C=O) groups excluding carboxylic acids is 1. The van der Waals surface area contributed by atoms with Crippen molar-refractivity contribution in [1.29, 1.82) is 0 Å². The van der Waals surface area contributed by atoms with E-state index in [0.29, 0.717) is 12.0 Å². The maximum atomic E-state index is 11.4. The number of aliphatic hydroxyl groups excluding tert-OH is 1. The van der Waals surface area contributed by atoms with Gasteiger partial charge in [-0.15, -0.1) is 0 Å². The Labute approximate surface area is 126 Å². The van der Waals surface area contributed by atoms with Crippen molar-refractivity contribution < 1.29 is 19.7 Å². The van der Waals surface area contributed by atoms with Gasteiger partial charge >= 0.3 is 5.97 Å².